The molecule has 0 heterocycles. The second-order valence-corrected chi connectivity index (χ2v) is 6.18. The van der Waals surface area contributed by atoms with E-state index in [-0.39, 0.29) is 11.3 Å². The van der Waals surface area contributed by atoms with Crippen molar-refractivity contribution in [3.05, 3.63) is 67.9 Å². The fourth-order valence-corrected chi connectivity index (χ4v) is 2.55. The number of hydrogen-bond acceptors (Lipinski definition) is 6. The van der Waals surface area contributed by atoms with E-state index in [0.717, 1.165) is 18.2 Å². The smallest absolute Gasteiger partial charge is 0.308 e. The van der Waals surface area contributed by atoms with E-state index in [1.165, 1.54) is 31.2 Å². The summed E-state index contributed by atoms with van der Waals surface area (Å²) in [5.41, 5.74) is -0.775. The number of carbonyl (C=O) groups excluding carboxylic acids is 2. The van der Waals surface area contributed by atoms with Gasteiger partial charge in [0.2, 0.25) is 0 Å². The molecule has 0 fully saturated rings. The van der Waals surface area contributed by atoms with Crippen LogP contribution in [0.2, 0.25) is 0 Å². The first-order valence-electron chi connectivity index (χ1n) is 7.56. The van der Waals surface area contributed by atoms with Gasteiger partial charge in [-0.25, -0.2) is 4.39 Å². The third-order valence-electron chi connectivity index (χ3n) is 3.29. The molecule has 2 rings (SSSR count). The monoisotopic (exact) mass is 447 g/mol. The van der Waals surface area contributed by atoms with Crippen LogP contribution in [-0.4, -0.2) is 16.8 Å². The zero-order valence-corrected chi connectivity index (χ0v) is 15.8. The number of halogens is 2. The van der Waals surface area contributed by atoms with Crippen molar-refractivity contribution in [2.24, 2.45) is 0 Å². The number of nitrogens with one attached hydrogen (secondary N) is 1. The first-order valence-corrected chi connectivity index (χ1v) is 8.35. The van der Waals surface area contributed by atoms with Crippen molar-refractivity contribution < 1.29 is 23.6 Å². The number of esters is 1. The third-order valence-corrected chi connectivity index (χ3v) is 3.91. The van der Waals surface area contributed by atoms with Gasteiger partial charge in [0.25, 0.3) is 11.6 Å². The first-order chi connectivity index (χ1) is 13.2. The van der Waals surface area contributed by atoms with E-state index in [4.69, 9.17) is 4.74 Å². The van der Waals surface area contributed by atoms with Crippen molar-refractivity contribution in [2.45, 2.75) is 6.92 Å². The SMILES string of the molecule is CC(=O)Oc1ccc(C=C(C#N)C(=O)Nc2cc([N+](=O)[O-])ccc2F)cc1Br. The molecule has 10 heteroatoms. The minimum atomic E-state index is -0.943. The van der Waals surface area contributed by atoms with Crippen molar-refractivity contribution in [1.82, 2.24) is 0 Å². The predicted molar refractivity (Wildman–Crippen MR) is 101 cm³/mol. The Morgan fingerprint density at radius 3 is 2.61 bits per heavy atom. The minimum Gasteiger partial charge on any atom is -0.426 e. The van der Waals surface area contributed by atoms with Crippen molar-refractivity contribution in [3.8, 4) is 11.8 Å². The number of anilines is 1. The lowest BCUT2D eigenvalue weighted by atomic mass is 10.1. The van der Waals surface area contributed by atoms with Gasteiger partial charge < -0.3 is 10.1 Å². The fourth-order valence-electron chi connectivity index (χ4n) is 2.07. The third kappa shape index (κ3) is 5.21. The molecule has 0 spiro atoms. The summed E-state index contributed by atoms with van der Waals surface area (Å²) < 4.78 is 19.2. The van der Waals surface area contributed by atoms with Crippen LogP contribution in [-0.2, 0) is 9.59 Å². The average molecular weight is 448 g/mol. The lowest BCUT2D eigenvalue weighted by molar-refractivity contribution is -0.384. The summed E-state index contributed by atoms with van der Waals surface area (Å²) in [5.74, 6) is -2.09. The highest BCUT2D eigenvalue weighted by Gasteiger charge is 2.16. The van der Waals surface area contributed by atoms with Gasteiger partial charge in [-0.3, -0.25) is 19.7 Å². The second kappa shape index (κ2) is 8.88. The summed E-state index contributed by atoms with van der Waals surface area (Å²) in [4.78, 5) is 33.3. The maximum Gasteiger partial charge on any atom is 0.308 e. The van der Waals surface area contributed by atoms with E-state index in [1.807, 2.05) is 0 Å². The van der Waals surface area contributed by atoms with Crippen LogP contribution in [0.1, 0.15) is 12.5 Å². The van der Waals surface area contributed by atoms with E-state index in [2.05, 4.69) is 21.2 Å². The zero-order valence-electron chi connectivity index (χ0n) is 14.2. The van der Waals surface area contributed by atoms with Crippen molar-refractivity contribution in [2.75, 3.05) is 5.32 Å². The summed E-state index contributed by atoms with van der Waals surface area (Å²) in [6.45, 7) is 1.24. The first kappa shape index (κ1) is 20.7. The number of nitro benzene ring substituents is 1. The number of benzene rings is 2. The summed E-state index contributed by atoms with van der Waals surface area (Å²) in [7, 11) is 0. The quantitative estimate of drug-likeness (QED) is 0.185. The zero-order chi connectivity index (χ0) is 20.8. The Hall–Kier alpha value is -3.58. The molecule has 0 aliphatic heterocycles. The number of hydrogen-bond donors (Lipinski definition) is 1. The van der Waals surface area contributed by atoms with Gasteiger partial charge in [-0.1, -0.05) is 6.07 Å². The topological polar surface area (TPSA) is 122 Å². The van der Waals surface area contributed by atoms with Crippen LogP contribution in [0.4, 0.5) is 15.8 Å². The molecule has 8 nitrogen and oxygen atoms in total. The Kier molecular flexibility index (Phi) is 6.57. The van der Waals surface area contributed by atoms with E-state index in [9.17, 15) is 29.4 Å². The number of nitrogens with zero attached hydrogens (tertiary/aromatic N) is 2. The Morgan fingerprint density at radius 1 is 1.32 bits per heavy atom. The van der Waals surface area contributed by atoms with E-state index in [1.54, 1.807) is 6.07 Å². The van der Waals surface area contributed by atoms with Gasteiger partial charge in [0.05, 0.1) is 15.1 Å². The number of ether oxygens (including phenoxy) is 1. The van der Waals surface area contributed by atoms with Gasteiger partial charge in [-0.15, -0.1) is 0 Å². The maximum absolute atomic E-state index is 13.8. The normalized spacial score (nSPS) is 10.7. The second-order valence-electron chi connectivity index (χ2n) is 5.33. The van der Waals surface area contributed by atoms with Gasteiger partial charge in [-0.2, -0.15) is 5.26 Å². The highest BCUT2D eigenvalue weighted by atomic mass is 79.9. The highest BCUT2D eigenvalue weighted by Crippen LogP contribution is 2.27. The number of nitro groups is 1. The van der Waals surface area contributed by atoms with Crippen LogP contribution in [0.15, 0.2) is 46.4 Å². The molecule has 2 aromatic rings. The number of amides is 1. The molecule has 0 bridgehead atoms. The van der Waals surface area contributed by atoms with Crippen LogP contribution < -0.4 is 10.1 Å². The van der Waals surface area contributed by atoms with Crippen LogP contribution in [0, 0.1) is 27.3 Å². The van der Waals surface area contributed by atoms with Gasteiger partial charge in [0, 0.05) is 19.1 Å². The molecule has 0 aromatic heterocycles. The summed E-state index contributed by atoms with van der Waals surface area (Å²) in [6, 6.07) is 8.81. The van der Waals surface area contributed by atoms with Crippen LogP contribution in [0.25, 0.3) is 6.08 Å². The van der Waals surface area contributed by atoms with Crippen molar-refractivity contribution >= 4 is 45.3 Å². The van der Waals surface area contributed by atoms with Crippen LogP contribution in [0.3, 0.4) is 0 Å². The Morgan fingerprint density at radius 2 is 2.04 bits per heavy atom. The standard InChI is InChI=1S/C18H11BrFN3O5/c1-10(24)28-17-5-2-11(7-14(17)19)6-12(9-21)18(25)22-16-8-13(23(26)27)3-4-15(16)20/h2-8H,1H3,(H,22,25). The highest BCUT2D eigenvalue weighted by molar-refractivity contribution is 9.10. The molecule has 0 atom stereocenters. The van der Waals surface area contributed by atoms with E-state index in [0.29, 0.717) is 10.0 Å². The molecule has 0 radical (unpaired) electrons. The lowest BCUT2D eigenvalue weighted by Gasteiger charge is -2.07. The molecule has 0 aliphatic carbocycles. The Labute approximate surface area is 166 Å². The molecule has 1 N–H and O–H groups in total. The minimum absolute atomic E-state index is 0.256. The molecule has 0 unspecified atom stereocenters. The predicted octanol–water partition coefficient (Wildman–Crippen LogP) is 3.97. The Balaban J connectivity index is 2.28. The summed E-state index contributed by atoms with van der Waals surface area (Å²) in [6.07, 6.45) is 1.23. The number of carbonyl (C=O) groups is 2. The molecular formula is C18H11BrFN3O5. The molecule has 1 amide bonds. The van der Waals surface area contributed by atoms with Gasteiger partial charge in [-0.05, 0) is 45.8 Å². The van der Waals surface area contributed by atoms with Gasteiger partial charge in [0.1, 0.15) is 23.2 Å². The summed E-state index contributed by atoms with van der Waals surface area (Å²) in [5, 5.41) is 22.1. The molecular weight excluding hydrogens is 437 g/mol. The lowest BCUT2D eigenvalue weighted by Crippen LogP contribution is -2.14. The number of rotatable bonds is 5. The van der Waals surface area contributed by atoms with E-state index < -0.39 is 34.0 Å². The molecule has 28 heavy (non-hydrogen) atoms. The van der Waals surface area contributed by atoms with E-state index >= 15 is 0 Å². The maximum atomic E-state index is 13.8. The molecule has 0 saturated heterocycles. The van der Waals surface area contributed by atoms with Gasteiger partial charge in [0.15, 0.2) is 0 Å². The van der Waals surface area contributed by atoms with Crippen molar-refractivity contribution in [3.63, 3.8) is 0 Å². The number of nitriles is 1. The van der Waals surface area contributed by atoms with Crippen LogP contribution in [0.5, 0.6) is 5.75 Å². The van der Waals surface area contributed by atoms with Crippen LogP contribution >= 0.6 is 15.9 Å². The molecule has 0 saturated carbocycles. The average Bonchev–Trinajstić information content (AvgIpc) is 2.63. The number of non-ortho nitro benzene ring substituents is 1. The summed E-state index contributed by atoms with van der Waals surface area (Å²) >= 11 is 3.21. The van der Waals surface area contributed by atoms with Crippen molar-refractivity contribution in [1.29, 1.82) is 5.26 Å². The molecule has 2 aromatic carbocycles. The fraction of sp³-hybridized carbons (Fsp3) is 0.0556. The molecule has 142 valence electrons. The van der Waals surface area contributed by atoms with Gasteiger partial charge >= 0.3 is 5.97 Å². The largest absolute Gasteiger partial charge is 0.426 e. The Bertz CT molecular complexity index is 1050. The molecule has 0 aliphatic rings.